The molecule has 0 heterocycles. The highest BCUT2D eigenvalue weighted by atomic mass is 35.5. The van der Waals surface area contributed by atoms with Gasteiger partial charge in [-0.05, 0) is 42.8 Å². The van der Waals surface area contributed by atoms with E-state index in [4.69, 9.17) is 29.6 Å². The molecule has 0 aromatic heterocycles. The van der Waals surface area contributed by atoms with Crippen LogP contribution in [0, 0.1) is 12.3 Å². The highest BCUT2D eigenvalue weighted by molar-refractivity contribution is 6.35. The van der Waals surface area contributed by atoms with Crippen LogP contribution in [0.1, 0.15) is 24.1 Å². The van der Waals surface area contributed by atoms with E-state index in [-0.39, 0.29) is 6.04 Å². The third kappa shape index (κ3) is 3.44. The average molecular weight is 290 g/mol. The summed E-state index contributed by atoms with van der Waals surface area (Å²) < 4.78 is 0. The summed E-state index contributed by atoms with van der Waals surface area (Å²) in [6.45, 7) is 2.04. The van der Waals surface area contributed by atoms with Crippen LogP contribution < -0.4 is 5.32 Å². The van der Waals surface area contributed by atoms with Crippen molar-refractivity contribution in [3.8, 4) is 12.3 Å². The Morgan fingerprint density at radius 3 is 2.63 bits per heavy atom. The number of rotatable bonds is 3. The van der Waals surface area contributed by atoms with Gasteiger partial charge in [-0.25, -0.2) is 0 Å². The lowest BCUT2D eigenvalue weighted by Crippen LogP contribution is -2.07. The van der Waals surface area contributed by atoms with E-state index < -0.39 is 0 Å². The molecule has 0 fully saturated rings. The lowest BCUT2D eigenvalue weighted by molar-refractivity contribution is 0.885. The summed E-state index contributed by atoms with van der Waals surface area (Å²) in [5.41, 5.74) is 2.81. The van der Waals surface area contributed by atoms with Gasteiger partial charge in [-0.1, -0.05) is 41.3 Å². The van der Waals surface area contributed by atoms with E-state index in [9.17, 15) is 0 Å². The fraction of sp³-hybridized carbons (Fsp3) is 0.125. The minimum absolute atomic E-state index is 0.0674. The Labute approximate surface area is 123 Å². The van der Waals surface area contributed by atoms with Crippen LogP contribution in [0.4, 0.5) is 5.69 Å². The van der Waals surface area contributed by atoms with E-state index in [1.807, 2.05) is 43.3 Å². The minimum Gasteiger partial charge on any atom is -0.378 e. The van der Waals surface area contributed by atoms with Crippen molar-refractivity contribution in [1.82, 2.24) is 0 Å². The largest absolute Gasteiger partial charge is 0.378 e. The van der Waals surface area contributed by atoms with Crippen molar-refractivity contribution >= 4 is 28.9 Å². The second-order valence-corrected chi connectivity index (χ2v) is 5.10. The number of hydrogen-bond donors (Lipinski definition) is 1. The molecule has 0 bridgehead atoms. The van der Waals surface area contributed by atoms with Crippen LogP contribution in [0.3, 0.4) is 0 Å². The van der Waals surface area contributed by atoms with Gasteiger partial charge in [0.05, 0.1) is 0 Å². The van der Waals surface area contributed by atoms with Gasteiger partial charge in [-0.15, -0.1) is 6.42 Å². The first-order valence-electron chi connectivity index (χ1n) is 5.88. The Morgan fingerprint density at radius 2 is 1.95 bits per heavy atom. The average Bonchev–Trinajstić information content (AvgIpc) is 2.38. The summed E-state index contributed by atoms with van der Waals surface area (Å²) in [7, 11) is 0. The number of anilines is 1. The first kappa shape index (κ1) is 13.8. The molecule has 0 aliphatic heterocycles. The van der Waals surface area contributed by atoms with Crippen LogP contribution in [0.2, 0.25) is 10.0 Å². The van der Waals surface area contributed by atoms with Crippen molar-refractivity contribution in [2.45, 2.75) is 13.0 Å². The van der Waals surface area contributed by atoms with Crippen molar-refractivity contribution in [3.05, 3.63) is 63.6 Å². The van der Waals surface area contributed by atoms with Crippen molar-refractivity contribution in [2.75, 3.05) is 5.32 Å². The number of terminal acetylenes is 1. The number of benzene rings is 2. The molecule has 0 aliphatic rings. The van der Waals surface area contributed by atoms with Crippen molar-refractivity contribution < 1.29 is 0 Å². The standard InChI is InChI=1S/C16H13Cl2N/c1-3-12-5-4-6-14(9-12)19-11(2)15-8-7-13(17)10-16(15)18/h1,4-11,19H,2H3. The molecule has 0 amide bonds. The van der Waals surface area contributed by atoms with Crippen LogP contribution >= 0.6 is 23.2 Å². The van der Waals surface area contributed by atoms with Crippen molar-refractivity contribution in [1.29, 1.82) is 0 Å². The fourth-order valence-corrected chi connectivity index (χ4v) is 2.45. The Bertz CT molecular complexity index is 629. The number of hydrogen-bond acceptors (Lipinski definition) is 1. The summed E-state index contributed by atoms with van der Waals surface area (Å²) >= 11 is 12.1. The lowest BCUT2D eigenvalue weighted by Gasteiger charge is -2.17. The van der Waals surface area contributed by atoms with E-state index in [2.05, 4.69) is 11.2 Å². The first-order chi connectivity index (χ1) is 9.10. The molecule has 2 aromatic rings. The zero-order chi connectivity index (χ0) is 13.8. The predicted molar refractivity (Wildman–Crippen MR) is 82.9 cm³/mol. The Kier molecular flexibility index (Phi) is 4.37. The molecule has 1 unspecified atom stereocenters. The summed E-state index contributed by atoms with van der Waals surface area (Å²) in [5, 5.41) is 4.66. The predicted octanol–water partition coefficient (Wildman–Crippen LogP) is 5.15. The Morgan fingerprint density at radius 1 is 1.16 bits per heavy atom. The smallest absolute Gasteiger partial charge is 0.0500 e. The molecular weight excluding hydrogens is 277 g/mol. The monoisotopic (exact) mass is 289 g/mol. The lowest BCUT2D eigenvalue weighted by atomic mass is 10.1. The van der Waals surface area contributed by atoms with Gasteiger partial charge in [0.15, 0.2) is 0 Å². The molecule has 0 saturated heterocycles. The normalized spacial score (nSPS) is 11.7. The van der Waals surface area contributed by atoms with Gasteiger partial charge in [0, 0.05) is 27.3 Å². The molecule has 0 saturated carbocycles. The molecule has 0 spiro atoms. The maximum atomic E-state index is 6.19. The SMILES string of the molecule is C#Cc1cccc(NC(C)c2ccc(Cl)cc2Cl)c1. The Hall–Kier alpha value is -1.62. The summed E-state index contributed by atoms with van der Waals surface area (Å²) in [6.07, 6.45) is 5.39. The molecule has 1 N–H and O–H groups in total. The second kappa shape index (κ2) is 6.02. The fourth-order valence-electron chi connectivity index (χ4n) is 1.88. The molecule has 0 radical (unpaired) electrons. The zero-order valence-corrected chi connectivity index (χ0v) is 12.0. The molecule has 2 rings (SSSR count). The van der Waals surface area contributed by atoms with Gasteiger partial charge in [-0.3, -0.25) is 0 Å². The van der Waals surface area contributed by atoms with Gasteiger partial charge in [0.1, 0.15) is 0 Å². The van der Waals surface area contributed by atoms with Gasteiger partial charge in [0.2, 0.25) is 0 Å². The molecule has 0 aliphatic carbocycles. The van der Waals surface area contributed by atoms with Crippen molar-refractivity contribution in [2.24, 2.45) is 0 Å². The molecule has 96 valence electrons. The van der Waals surface area contributed by atoms with E-state index in [0.717, 1.165) is 16.8 Å². The third-order valence-corrected chi connectivity index (χ3v) is 3.40. The molecule has 2 aromatic carbocycles. The van der Waals surface area contributed by atoms with Crippen LogP contribution in [-0.4, -0.2) is 0 Å². The molecule has 19 heavy (non-hydrogen) atoms. The summed E-state index contributed by atoms with van der Waals surface area (Å²) in [4.78, 5) is 0. The zero-order valence-electron chi connectivity index (χ0n) is 10.5. The van der Waals surface area contributed by atoms with Gasteiger partial charge >= 0.3 is 0 Å². The van der Waals surface area contributed by atoms with Crippen LogP contribution in [0.25, 0.3) is 0 Å². The van der Waals surface area contributed by atoms with E-state index in [0.29, 0.717) is 10.0 Å². The van der Waals surface area contributed by atoms with Gasteiger partial charge < -0.3 is 5.32 Å². The topological polar surface area (TPSA) is 12.0 Å². The maximum absolute atomic E-state index is 6.19. The first-order valence-corrected chi connectivity index (χ1v) is 6.64. The van der Waals surface area contributed by atoms with Crippen molar-refractivity contribution in [3.63, 3.8) is 0 Å². The van der Waals surface area contributed by atoms with Gasteiger partial charge in [0.25, 0.3) is 0 Å². The van der Waals surface area contributed by atoms with Gasteiger partial charge in [-0.2, -0.15) is 0 Å². The van der Waals surface area contributed by atoms with Crippen LogP contribution in [0.5, 0.6) is 0 Å². The minimum atomic E-state index is 0.0674. The summed E-state index contributed by atoms with van der Waals surface area (Å²) in [6, 6.07) is 13.3. The number of halogens is 2. The number of nitrogens with one attached hydrogen (secondary N) is 1. The highest BCUT2D eigenvalue weighted by Gasteiger charge is 2.10. The molecular formula is C16H13Cl2N. The maximum Gasteiger partial charge on any atom is 0.0500 e. The van der Waals surface area contributed by atoms with E-state index in [1.165, 1.54) is 0 Å². The molecule has 1 nitrogen and oxygen atoms in total. The Balaban J connectivity index is 2.20. The van der Waals surface area contributed by atoms with Crippen LogP contribution in [-0.2, 0) is 0 Å². The second-order valence-electron chi connectivity index (χ2n) is 4.26. The van der Waals surface area contributed by atoms with E-state index in [1.54, 1.807) is 6.07 Å². The quantitative estimate of drug-likeness (QED) is 0.771. The highest BCUT2D eigenvalue weighted by Crippen LogP contribution is 2.28. The molecule has 3 heteroatoms. The molecule has 1 atom stereocenters. The van der Waals surface area contributed by atoms with Crippen LogP contribution in [0.15, 0.2) is 42.5 Å². The summed E-state index contributed by atoms with van der Waals surface area (Å²) in [5.74, 6) is 2.62. The third-order valence-electron chi connectivity index (χ3n) is 2.84. The van der Waals surface area contributed by atoms with E-state index >= 15 is 0 Å².